The quantitative estimate of drug-likeness (QED) is 0.182. The third-order valence-electron chi connectivity index (χ3n) is 7.72. The van der Waals surface area contributed by atoms with Gasteiger partial charge in [-0.15, -0.1) is 0 Å². The van der Waals surface area contributed by atoms with Crippen LogP contribution in [0, 0.1) is 11.8 Å². The molecule has 1 aliphatic heterocycles. The summed E-state index contributed by atoms with van der Waals surface area (Å²) in [5, 5.41) is 0. The summed E-state index contributed by atoms with van der Waals surface area (Å²) < 4.78 is 27.6. The number of carbonyl (C=O) groups is 3. The normalized spacial score (nSPS) is 17.4. The van der Waals surface area contributed by atoms with E-state index in [1.807, 2.05) is 78.9 Å². The Morgan fingerprint density at radius 1 is 0.886 bits per heavy atom. The van der Waals surface area contributed by atoms with E-state index in [0.29, 0.717) is 23.7 Å². The molecule has 44 heavy (non-hydrogen) atoms. The fourth-order valence-electron chi connectivity index (χ4n) is 5.45. The zero-order valence-electron chi connectivity index (χ0n) is 25.4. The Hall–Kier alpha value is -4.79. The van der Waals surface area contributed by atoms with Crippen molar-refractivity contribution < 1.29 is 38.1 Å². The van der Waals surface area contributed by atoms with Gasteiger partial charge in [0.05, 0.1) is 33.9 Å². The van der Waals surface area contributed by atoms with Gasteiger partial charge in [0.25, 0.3) is 0 Å². The van der Waals surface area contributed by atoms with Gasteiger partial charge in [0.1, 0.15) is 12.6 Å². The zero-order valence-corrected chi connectivity index (χ0v) is 25.4. The number of amides is 1. The first-order valence-corrected chi connectivity index (χ1v) is 14.6. The Labute approximate surface area is 258 Å². The fraction of sp³-hybridized carbons (Fsp3) is 0.343. The molecule has 0 aliphatic carbocycles. The first-order valence-electron chi connectivity index (χ1n) is 14.6. The lowest BCUT2D eigenvalue weighted by atomic mass is 9.80. The molecular formula is C35H39NO8. The molecule has 1 amide bonds. The number of rotatable bonds is 13. The first-order chi connectivity index (χ1) is 21.4. The molecule has 9 nitrogen and oxygen atoms in total. The van der Waals surface area contributed by atoms with Gasteiger partial charge in [-0.25, -0.2) is 9.59 Å². The van der Waals surface area contributed by atoms with Crippen molar-refractivity contribution in [2.24, 2.45) is 11.8 Å². The third kappa shape index (κ3) is 7.98. The second-order valence-electron chi connectivity index (χ2n) is 10.4. The summed E-state index contributed by atoms with van der Waals surface area (Å²) >= 11 is 0. The van der Waals surface area contributed by atoms with Gasteiger partial charge in [0.15, 0.2) is 11.5 Å². The Kier molecular flexibility index (Phi) is 11.4. The molecule has 0 bridgehead atoms. The van der Waals surface area contributed by atoms with E-state index in [9.17, 15) is 14.4 Å². The Morgan fingerprint density at radius 3 is 2.20 bits per heavy atom. The van der Waals surface area contributed by atoms with E-state index in [2.05, 4.69) is 6.58 Å². The van der Waals surface area contributed by atoms with E-state index in [-0.39, 0.29) is 26.2 Å². The fourth-order valence-corrected chi connectivity index (χ4v) is 5.45. The van der Waals surface area contributed by atoms with E-state index >= 15 is 0 Å². The van der Waals surface area contributed by atoms with Crippen molar-refractivity contribution in [1.82, 2.24) is 4.90 Å². The maximum Gasteiger partial charge on any atom is 0.410 e. The molecule has 0 radical (unpaired) electrons. The maximum atomic E-state index is 13.4. The average molecular weight is 602 g/mol. The van der Waals surface area contributed by atoms with Gasteiger partial charge in [-0.05, 0) is 41.3 Å². The van der Waals surface area contributed by atoms with Crippen molar-refractivity contribution in [3.8, 4) is 11.5 Å². The molecule has 3 atom stereocenters. The van der Waals surface area contributed by atoms with Crippen LogP contribution in [0.3, 0.4) is 0 Å². The third-order valence-corrected chi connectivity index (χ3v) is 7.72. The van der Waals surface area contributed by atoms with E-state index in [0.717, 1.165) is 23.1 Å². The van der Waals surface area contributed by atoms with Crippen LogP contribution in [0.2, 0.25) is 0 Å². The Morgan fingerprint density at radius 2 is 1.57 bits per heavy atom. The second-order valence-corrected chi connectivity index (χ2v) is 10.4. The molecule has 0 spiro atoms. The maximum absolute atomic E-state index is 13.4. The molecular weight excluding hydrogens is 562 g/mol. The van der Waals surface area contributed by atoms with Crippen LogP contribution in [-0.4, -0.2) is 63.0 Å². The average Bonchev–Trinajstić information content (AvgIpc) is 3.43. The Bertz CT molecular complexity index is 1430. The van der Waals surface area contributed by atoms with E-state index < -0.39 is 35.9 Å². The Balaban J connectivity index is 1.57. The van der Waals surface area contributed by atoms with Crippen LogP contribution in [0.5, 0.6) is 11.5 Å². The molecule has 232 valence electrons. The minimum atomic E-state index is -1.07. The van der Waals surface area contributed by atoms with Crippen molar-refractivity contribution in [2.75, 3.05) is 34.0 Å². The molecule has 0 saturated carbocycles. The van der Waals surface area contributed by atoms with Crippen LogP contribution in [0.25, 0.3) is 5.57 Å². The summed E-state index contributed by atoms with van der Waals surface area (Å²) in [6.07, 6.45) is -0.0673. The van der Waals surface area contributed by atoms with Crippen LogP contribution < -0.4 is 9.47 Å². The monoisotopic (exact) mass is 601 g/mol. The number of methoxy groups -OCH3 is 2. The van der Waals surface area contributed by atoms with E-state index in [1.165, 1.54) is 12.0 Å². The van der Waals surface area contributed by atoms with Gasteiger partial charge in [-0.3, -0.25) is 9.69 Å². The number of nitrogens with zero attached hydrogens (tertiary/aromatic N) is 1. The smallest absolute Gasteiger partial charge is 0.410 e. The molecule has 1 heterocycles. The van der Waals surface area contributed by atoms with Gasteiger partial charge < -0.3 is 23.7 Å². The number of ether oxygens (including phenoxy) is 5. The molecule has 4 rings (SSSR count). The molecule has 0 N–H and O–H groups in total. The van der Waals surface area contributed by atoms with Crippen molar-refractivity contribution in [3.63, 3.8) is 0 Å². The van der Waals surface area contributed by atoms with E-state index in [4.69, 9.17) is 23.7 Å². The molecule has 1 aliphatic rings. The van der Waals surface area contributed by atoms with Crippen LogP contribution in [0.4, 0.5) is 4.79 Å². The van der Waals surface area contributed by atoms with Crippen LogP contribution >= 0.6 is 0 Å². The molecule has 0 unspecified atom stereocenters. The summed E-state index contributed by atoms with van der Waals surface area (Å²) in [6, 6.07) is 23.7. The molecule has 3 aromatic rings. The number of carbonyl (C=O) groups excluding carboxylic acids is 3. The lowest BCUT2D eigenvalue weighted by Gasteiger charge is -2.26. The topological polar surface area (TPSA) is 101 Å². The molecule has 9 heteroatoms. The van der Waals surface area contributed by atoms with Gasteiger partial charge in [-0.2, -0.15) is 0 Å². The predicted molar refractivity (Wildman–Crippen MR) is 165 cm³/mol. The molecule has 1 fully saturated rings. The summed E-state index contributed by atoms with van der Waals surface area (Å²) in [5.41, 5.74) is 3.32. The summed E-state index contributed by atoms with van der Waals surface area (Å²) in [5.74, 6) is -1.18. The van der Waals surface area contributed by atoms with Crippen molar-refractivity contribution in [2.45, 2.75) is 32.4 Å². The van der Waals surface area contributed by atoms with Crippen molar-refractivity contribution >= 4 is 23.6 Å². The number of hydrogen-bond acceptors (Lipinski definition) is 8. The number of likely N-dealkylation sites (tertiary alicyclic amines) is 1. The van der Waals surface area contributed by atoms with E-state index in [1.54, 1.807) is 14.0 Å². The number of hydrogen-bond donors (Lipinski definition) is 0. The van der Waals surface area contributed by atoms with Gasteiger partial charge >= 0.3 is 18.0 Å². The summed E-state index contributed by atoms with van der Waals surface area (Å²) in [7, 11) is 2.84. The van der Waals surface area contributed by atoms with Gasteiger partial charge in [-0.1, -0.05) is 73.3 Å². The lowest BCUT2D eigenvalue weighted by Crippen LogP contribution is -2.45. The predicted octanol–water partition coefficient (Wildman–Crippen LogP) is 5.71. The molecule has 0 aromatic heterocycles. The van der Waals surface area contributed by atoms with Crippen molar-refractivity contribution in [3.05, 3.63) is 102 Å². The minimum Gasteiger partial charge on any atom is -0.493 e. The lowest BCUT2D eigenvalue weighted by molar-refractivity contribution is -0.150. The summed E-state index contributed by atoms with van der Waals surface area (Å²) in [6.45, 7) is 6.73. The molecule has 3 aromatic carbocycles. The first kappa shape index (κ1) is 32.1. The van der Waals surface area contributed by atoms with Crippen LogP contribution in [0.1, 0.15) is 30.0 Å². The van der Waals surface area contributed by atoms with Crippen LogP contribution in [0.15, 0.2) is 85.4 Å². The highest BCUT2D eigenvalue weighted by Crippen LogP contribution is 2.43. The van der Waals surface area contributed by atoms with Crippen LogP contribution in [-0.2, 0) is 36.8 Å². The highest BCUT2D eigenvalue weighted by molar-refractivity contribution is 5.85. The SMILES string of the molecule is C=C(c1ccc(OCCc2ccccc2)c(OC)c1)[C@H]1CN(C(=O)OCc2ccccc2)[C@H](C(=O)OCC)[C@H]1CC(=O)OC. The highest BCUT2D eigenvalue weighted by Gasteiger charge is 2.51. The van der Waals surface area contributed by atoms with Gasteiger partial charge in [0.2, 0.25) is 0 Å². The summed E-state index contributed by atoms with van der Waals surface area (Å²) in [4.78, 5) is 40.6. The largest absolute Gasteiger partial charge is 0.493 e. The minimum absolute atomic E-state index is 0.0297. The number of benzene rings is 3. The second kappa shape index (κ2) is 15.6. The standard InChI is InChI=1S/C35H39NO8/c1-5-42-34(38)33-28(21-32(37)41-4)29(22-36(33)35(39)44-23-26-14-10-7-11-15-26)24(2)27-16-17-30(31(20-27)40-3)43-19-18-25-12-8-6-9-13-25/h6-17,20,28-29,33H,2,5,18-19,21-23H2,1,3-4H3/t28-,29+,33-/m0/s1. The highest BCUT2D eigenvalue weighted by atomic mass is 16.6. The van der Waals surface area contributed by atoms with Crippen molar-refractivity contribution in [1.29, 1.82) is 0 Å². The zero-order chi connectivity index (χ0) is 31.5. The molecule has 1 saturated heterocycles. The number of esters is 2. The van der Waals surface area contributed by atoms with Gasteiger partial charge in [0, 0.05) is 24.8 Å².